The second-order valence-electron chi connectivity index (χ2n) is 1.76. The average Bonchev–Trinajstić information content (AvgIpc) is 2.36. The number of rotatable bonds is 2. The summed E-state index contributed by atoms with van der Waals surface area (Å²) in [5.41, 5.74) is 5.36. The maximum atomic E-state index is 10.4. The van der Waals surface area contributed by atoms with E-state index in [-0.39, 0.29) is 0 Å². The third-order valence-electron chi connectivity index (χ3n) is 1.07. The predicted molar refractivity (Wildman–Crippen MR) is 41.1 cm³/mol. The SMILES string of the molecule is NC(c1cccs1)[P+](=O)O. The molecule has 0 bridgehead atoms. The van der Waals surface area contributed by atoms with Crippen LogP contribution in [-0.2, 0) is 4.57 Å². The molecule has 0 aliphatic heterocycles. The van der Waals surface area contributed by atoms with E-state index in [1.807, 2.05) is 5.38 Å². The smallest absolute Gasteiger partial charge is 0.280 e. The van der Waals surface area contributed by atoms with Gasteiger partial charge < -0.3 is 0 Å². The topological polar surface area (TPSA) is 63.3 Å². The fraction of sp³-hybridized carbons (Fsp3) is 0.200. The van der Waals surface area contributed by atoms with Gasteiger partial charge in [0.1, 0.15) is 0 Å². The third kappa shape index (κ3) is 1.61. The molecule has 10 heavy (non-hydrogen) atoms. The molecule has 0 aliphatic rings. The Morgan fingerprint density at radius 3 is 2.90 bits per heavy atom. The van der Waals surface area contributed by atoms with Gasteiger partial charge in [-0.3, -0.25) is 5.73 Å². The van der Waals surface area contributed by atoms with Crippen LogP contribution in [0.5, 0.6) is 0 Å². The first-order valence-electron chi connectivity index (χ1n) is 2.66. The fourth-order valence-corrected chi connectivity index (χ4v) is 1.94. The molecule has 0 fully saturated rings. The summed E-state index contributed by atoms with van der Waals surface area (Å²) in [5.74, 6) is -0.713. The van der Waals surface area contributed by atoms with E-state index < -0.39 is 13.8 Å². The van der Waals surface area contributed by atoms with Crippen molar-refractivity contribution in [2.75, 3.05) is 0 Å². The fourth-order valence-electron chi connectivity index (χ4n) is 0.568. The molecule has 1 aromatic rings. The Morgan fingerprint density at radius 1 is 1.80 bits per heavy atom. The standard InChI is InChI=1S/C5H6NO2PS/c6-5(9(7)8)4-2-1-3-10-4/h1-3,5H,6H2/p+1. The van der Waals surface area contributed by atoms with Gasteiger partial charge in [-0.1, -0.05) is 6.07 Å². The summed E-state index contributed by atoms with van der Waals surface area (Å²) >= 11 is 1.39. The van der Waals surface area contributed by atoms with Crippen LogP contribution in [0.1, 0.15) is 10.7 Å². The largest absolute Gasteiger partial charge is 0.530 e. The highest BCUT2D eigenvalue weighted by Crippen LogP contribution is 2.34. The van der Waals surface area contributed by atoms with Crippen molar-refractivity contribution < 1.29 is 9.46 Å². The van der Waals surface area contributed by atoms with Gasteiger partial charge in [0, 0.05) is 0 Å². The van der Waals surface area contributed by atoms with Crippen molar-refractivity contribution in [3.05, 3.63) is 22.4 Å². The minimum Gasteiger partial charge on any atom is -0.280 e. The minimum absolute atomic E-state index is 0.713. The summed E-state index contributed by atoms with van der Waals surface area (Å²) in [5, 5.41) is 1.83. The molecule has 2 unspecified atom stereocenters. The zero-order valence-electron chi connectivity index (χ0n) is 5.10. The molecule has 1 aromatic heterocycles. The van der Waals surface area contributed by atoms with E-state index >= 15 is 0 Å². The Morgan fingerprint density at radius 2 is 2.50 bits per heavy atom. The van der Waals surface area contributed by atoms with Gasteiger partial charge in [0.2, 0.25) is 0 Å². The van der Waals surface area contributed by atoms with Crippen LogP contribution in [0.25, 0.3) is 0 Å². The van der Waals surface area contributed by atoms with E-state index in [0.29, 0.717) is 0 Å². The molecule has 5 heteroatoms. The molecule has 0 aliphatic carbocycles. The lowest BCUT2D eigenvalue weighted by atomic mass is 10.5. The van der Waals surface area contributed by atoms with Crippen molar-refractivity contribution >= 4 is 19.4 Å². The van der Waals surface area contributed by atoms with Crippen LogP contribution in [0.2, 0.25) is 0 Å². The van der Waals surface area contributed by atoms with Crippen LogP contribution in [0.4, 0.5) is 0 Å². The Hall–Kier alpha value is -0.280. The van der Waals surface area contributed by atoms with E-state index in [1.165, 1.54) is 11.3 Å². The van der Waals surface area contributed by atoms with E-state index in [0.717, 1.165) is 4.88 Å². The maximum absolute atomic E-state index is 10.4. The number of hydrogen-bond donors (Lipinski definition) is 2. The van der Waals surface area contributed by atoms with Crippen molar-refractivity contribution in [1.29, 1.82) is 0 Å². The van der Waals surface area contributed by atoms with E-state index in [4.69, 9.17) is 10.6 Å². The van der Waals surface area contributed by atoms with Crippen molar-refractivity contribution in [2.24, 2.45) is 5.73 Å². The van der Waals surface area contributed by atoms with Gasteiger partial charge in [-0.25, -0.2) is 0 Å². The first-order valence-corrected chi connectivity index (χ1v) is 4.82. The quantitative estimate of drug-likeness (QED) is 0.670. The Labute approximate surface area is 63.4 Å². The lowest BCUT2D eigenvalue weighted by Crippen LogP contribution is -2.02. The summed E-state index contributed by atoms with van der Waals surface area (Å²) in [6.45, 7) is 0. The summed E-state index contributed by atoms with van der Waals surface area (Å²) in [6.07, 6.45) is 0. The summed E-state index contributed by atoms with van der Waals surface area (Å²) < 4.78 is 10.4. The number of thiophene rings is 1. The third-order valence-corrected chi connectivity index (χ3v) is 2.96. The maximum Gasteiger partial charge on any atom is 0.530 e. The van der Waals surface area contributed by atoms with Crippen molar-refractivity contribution in [2.45, 2.75) is 5.78 Å². The zero-order valence-corrected chi connectivity index (χ0v) is 6.81. The highest BCUT2D eigenvalue weighted by Gasteiger charge is 2.26. The van der Waals surface area contributed by atoms with Gasteiger partial charge in [0.05, 0.1) is 4.88 Å². The highest BCUT2D eigenvalue weighted by atomic mass is 32.1. The first kappa shape index (κ1) is 7.82. The Kier molecular flexibility index (Phi) is 2.51. The van der Waals surface area contributed by atoms with Crippen LogP contribution < -0.4 is 5.73 Å². The van der Waals surface area contributed by atoms with Crippen LogP contribution in [0.15, 0.2) is 17.5 Å². The van der Waals surface area contributed by atoms with E-state index in [9.17, 15) is 4.57 Å². The number of nitrogens with two attached hydrogens (primary N) is 1. The van der Waals surface area contributed by atoms with E-state index in [1.54, 1.807) is 12.1 Å². The Balaban J connectivity index is 2.77. The van der Waals surface area contributed by atoms with Gasteiger partial charge in [0.15, 0.2) is 0 Å². The van der Waals surface area contributed by atoms with Gasteiger partial charge in [0.25, 0.3) is 5.78 Å². The molecule has 3 nitrogen and oxygen atoms in total. The minimum atomic E-state index is -2.27. The Bertz CT molecular complexity index is 224. The lowest BCUT2D eigenvalue weighted by molar-refractivity contribution is 0.492. The van der Waals surface area contributed by atoms with Gasteiger partial charge in [-0.05, 0) is 16.0 Å². The van der Waals surface area contributed by atoms with Crippen molar-refractivity contribution in [1.82, 2.24) is 0 Å². The molecule has 1 heterocycles. The van der Waals surface area contributed by atoms with Crippen LogP contribution in [0, 0.1) is 0 Å². The lowest BCUT2D eigenvalue weighted by Gasteiger charge is -1.89. The average molecular weight is 176 g/mol. The molecular weight excluding hydrogens is 169 g/mol. The monoisotopic (exact) mass is 176 g/mol. The molecule has 0 saturated carbocycles. The molecule has 0 saturated heterocycles. The normalized spacial score (nSPS) is 14.8. The van der Waals surface area contributed by atoms with Crippen molar-refractivity contribution in [3.8, 4) is 0 Å². The molecule has 0 aromatic carbocycles. The van der Waals surface area contributed by atoms with Gasteiger partial charge >= 0.3 is 8.03 Å². The highest BCUT2D eigenvalue weighted by molar-refractivity contribution is 7.39. The molecular formula is C5H7NO2PS+. The van der Waals surface area contributed by atoms with Crippen LogP contribution >= 0.6 is 19.4 Å². The second kappa shape index (κ2) is 3.21. The van der Waals surface area contributed by atoms with E-state index in [2.05, 4.69) is 0 Å². The summed E-state index contributed by atoms with van der Waals surface area (Å²) in [4.78, 5) is 9.34. The molecule has 0 spiro atoms. The van der Waals surface area contributed by atoms with Gasteiger partial charge in [-0.15, -0.1) is 11.3 Å². The van der Waals surface area contributed by atoms with Crippen LogP contribution in [-0.4, -0.2) is 4.89 Å². The van der Waals surface area contributed by atoms with Gasteiger partial charge in [-0.2, -0.15) is 4.89 Å². The molecule has 3 N–H and O–H groups in total. The molecule has 1 rings (SSSR count). The summed E-state index contributed by atoms with van der Waals surface area (Å²) in [6, 6.07) is 3.55. The first-order chi connectivity index (χ1) is 4.72. The zero-order chi connectivity index (χ0) is 7.56. The molecule has 2 atom stereocenters. The second-order valence-corrected chi connectivity index (χ2v) is 3.90. The molecule has 0 radical (unpaired) electrons. The predicted octanol–water partition coefficient (Wildman–Crippen LogP) is 1.44. The summed E-state index contributed by atoms with van der Waals surface area (Å²) in [7, 11) is -2.27. The molecule has 54 valence electrons. The van der Waals surface area contributed by atoms with Crippen LogP contribution in [0.3, 0.4) is 0 Å². The number of hydrogen-bond acceptors (Lipinski definition) is 3. The van der Waals surface area contributed by atoms with Crippen molar-refractivity contribution in [3.63, 3.8) is 0 Å². The molecule has 0 amide bonds.